The third kappa shape index (κ3) is 3.87. The van der Waals surface area contributed by atoms with Gasteiger partial charge in [-0.25, -0.2) is 0 Å². The largest absolute Gasteiger partial charge is 0.332 e. The second-order valence-electron chi connectivity index (χ2n) is 7.86. The number of fused-ring (bicyclic) bond motifs is 1. The van der Waals surface area contributed by atoms with Crippen LogP contribution in [0.15, 0.2) is 70.1 Å². The van der Waals surface area contributed by atoms with E-state index in [1.165, 1.54) is 0 Å². The molecule has 0 aliphatic rings. The minimum absolute atomic E-state index is 0.0751. The molecule has 3 aromatic heterocycles. The number of aryl methyl sites for hydroxylation is 3. The highest BCUT2D eigenvalue weighted by molar-refractivity contribution is 6.33. The number of nitrogens with zero attached hydrogens (tertiary/aromatic N) is 4. The maximum atomic E-state index is 13.2. The van der Waals surface area contributed by atoms with Crippen molar-refractivity contribution in [3.05, 3.63) is 87.4 Å². The Kier molecular flexibility index (Phi) is 5.18. The summed E-state index contributed by atoms with van der Waals surface area (Å²) in [5.74, 6) is 0.618. The van der Waals surface area contributed by atoms with Gasteiger partial charge in [-0.05, 0) is 66.5 Å². The Hall–Kier alpha value is -3.97. The second-order valence-corrected chi connectivity index (χ2v) is 8.27. The molecule has 0 radical (unpaired) electrons. The van der Waals surface area contributed by atoms with Gasteiger partial charge < -0.3 is 14.4 Å². The van der Waals surface area contributed by atoms with E-state index in [4.69, 9.17) is 16.1 Å². The fraction of sp³-hybridized carbons (Fsp3) is 0.120. The molecule has 7 nitrogen and oxygen atoms in total. The first kappa shape index (κ1) is 20.9. The lowest BCUT2D eigenvalue weighted by Gasteiger charge is -2.12. The highest BCUT2D eigenvalue weighted by Crippen LogP contribution is 2.30. The summed E-state index contributed by atoms with van der Waals surface area (Å²) in [6.45, 7) is 3.88. The molecule has 0 amide bonds. The van der Waals surface area contributed by atoms with Crippen molar-refractivity contribution >= 4 is 34.1 Å². The summed E-state index contributed by atoms with van der Waals surface area (Å²) in [5.41, 5.74) is 5.42. The molecule has 1 N–H and O–H groups in total. The molecule has 0 aliphatic heterocycles. The van der Waals surface area contributed by atoms with E-state index < -0.39 is 0 Å². The molecular formula is C25H20ClN5O2. The fourth-order valence-corrected chi connectivity index (χ4v) is 4.01. The first-order valence-electron chi connectivity index (χ1n) is 10.3. The van der Waals surface area contributed by atoms with Crippen molar-refractivity contribution in [1.82, 2.24) is 19.7 Å². The number of benzene rings is 2. The predicted octanol–water partition coefficient (Wildman–Crippen LogP) is 5.66. The van der Waals surface area contributed by atoms with Crippen molar-refractivity contribution in [2.75, 3.05) is 5.32 Å². The molecular weight excluding hydrogens is 438 g/mol. The number of rotatable bonds is 4. The van der Waals surface area contributed by atoms with E-state index in [1.54, 1.807) is 23.9 Å². The lowest BCUT2D eigenvalue weighted by atomic mass is 9.99. The molecule has 5 rings (SSSR count). The van der Waals surface area contributed by atoms with Gasteiger partial charge in [0.1, 0.15) is 0 Å². The molecule has 5 aromatic rings. The monoisotopic (exact) mass is 457 g/mol. The lowest BCUT2D eigenvalue weighted by molar-refractivity contribution is 0.433. The van der Waals surface area contributed by atoms with Gasteiger partial charge >= 0.3 is 0 Å². The molecule has 0 aliphatic carbocycles. The molecule has 0 bridgehead atoms. The van der Waals surface area contributed by atoms with E-state index in [2.05, 4.69) is 20.4 Å². The summed E-state index contributed by atoms with van der Waals surface area (Å²) in [6.07, 6.45) is 1.79. The molecule has 0 saturated heterocycles. The zero-order valence-electron chi connectivity index (χ0n) is 18.3. The Balaban J connectivity index is 1.52. The summed E-state index contributed by atoms with van der Waals surface area (Å²) in [4.78, 5) is 22.0. The van der Waals surface area contributed by atoms with Crippen LogP contribution >= 0.6 is 11.6 Å². The van der Waals surface area contributed by atoms with Gasteiger partial charge in [0.05, 0.1) is 16.1 Å². The average molecular weight is 458 g/mol. The molecule has 0 spiro atoms. The molecule has 0 atom stereocenters. The molecule has 3 heterocycles. The number of anilines is 2. The van der Waals surface area contributed by atoms with E-state index in [-0.39, 0.29) is 5.56 Å². The maximum absolute atomic E-state index is 13.2. The number of hydrogen-bond acceptors (Lipinski definition) is 6. The van der Waals surface area contributed by atoms with Gasteiger partial charge in [-0.3, -0.25) is 9.78 Å². The number of hydrogen-bond donors (Lipinski definition) is 1. The van der Waals surface area contributed by atoms with Crippen LogP contribution in [0.4, 0.5) is 11.6 Å². The molecule has 0 saturated carbocycles. The summed E-state index contributed by atoms with van der Waals surface area (Å²) in [7, 11) is 1.78. The molecule has 0 unspecified atom stereocenters. The van der Waals surface area contributed by atoms with Crippen molar-refractivity contribution in [3.8, 4) is 22.6 Å². The van der Waals surface area contributed by atoms with Gasteiger partial charge in [0, 0.05) is 35.6 Å². The van der Waals surface area contributed by atoms with E-state index in [1.807, 2.05) is 62.4 Å². The standard InChI is InChI=1S/C25H20ClN5O2/c1-14-8-9-17(28-25-29-23(33-30-25)18-6-4-5-7-21(18)26)12-19(14)20-11-16-13-27-15(2)10-22(16)31(3)24(20)32/h4-13H,1-3H3,(H,28,30). The molecule has 164 valence electrons. The first-order valence-corrected chi connectivity index (χ1v) is 10.7. The Morgan fingerprint density at radius 2 is 1.82 bits per heavy atom. The maximum Gasteiger partial charge on any atom is 0.268 e. The highest BCUT2D eigenvalue weighted by Gasteiger charge is 2.15. The van der Waals surface area contributed by atoms with Gasteiger partial charge in [-0.2, -0.15) is 4.98 Å². The highest BCUT2D eigenvalue weighted by atomic mass is 35.5. The van der Waals surface area contributed by atoms with Gasteiger partial charge in [0.15, 0.2) is 0 Å². The van der Waals surface area contributed by atoms with E-state index >= 15 is 0 Å². The third-order valence-electron chi connectivity index (χ3n) is 5.56. The zero-order chi connectivity index (χ0) is 23.1. The van der Waals surface area contributed by atoms with Gasteiger partial charge in [-0.1, -0.05) is 29.8 Å². The van der Waals surface area contributed by atoms with Gasteiger partial charge in [0.25, 0.3) is 17.4 Å². The molecule has 8 heteroatoms. The van der Waals surface area contributed by atoms with Crippen molar-refractivity contribution in [3.63, 3.8) is 0 Å². The normalized spacial score (nSPS) is 11.2. The Bertz CT molecular complexity index is 1570. The molecule has 2 aromatic carbocycles. The van der Waals surface area contributed by atoms with Crippen LogP contribution < -0.4 is 10.9 Å². The third-order valence-corrected chi connectivity index (χ3v) is 5.89. The zero-order valence-corrected chi connectivity index (χ0v) is 19.0. The van der Waals surface area contributed by atoms with Crippen LogP contribution in [-0.4, -0.2) is 19.7 Å². The van der Waals surface area contributed by atoms with Crippen LogP contribution in [0.1, 0.15) is 11.3 Å². The minimum Gasteiger partial charge on any atom is -0.332 e. The number of aromatic nitrogens is 4. The lowest BCUT2D eigenvalue weighted by Crippen LogP contribution is -2.19. The quantitative estimate of drug-likeness (QED) is 0.374. The average Bonchev–Trinajstić information content (AvgIpc) is 3.26. The SMILES string of the molecule is Cc1cc2c(cn1)cc(-c1cc(Nc3noc(-c4ccccc4Cl)n3)ccc1C)c(=O)n2C. The fourth-order valence-electron chi connectivity index (χ4n) is 3.80. The van der Waals surface area contributed by atoms with Crippen LogP contribution in [-0.2, 0) is 7.05 Å². The van der Waals surface area contributed by atoms with E-state index in [0.29, 0.717) is 28.0 Å². The van der Waals surface area contributed by atoms with Crippen LogP contribution in [0.2, 0.25) is 5.02 Å². The number of pyridine rings is 2. The summed E-state index contributed by atoms with van der Waals surface area (Å²) < 4.78 is 7.03. The molecule has 0 fully saturated rings. The van der Waals surface area contributed by atoms with Crippen LogP contribution in [0.5, 0.6) is 0 Å². The Morgan fingerprint density at radius 3 is 2.64 bits per heavy atom. The van der Waals surface area contributed by atoms with Gasteiger partial charge in [-0.15, -0.1) is 0 Å². The van der Waals surface area contributed by atoms with E-state index in [9.17, 15) is 4.79 Å². The summed E-state index contributed by atoms with van der Waals surface area (Å²) in [6, 6.07) is 16.8. The summed E-state index contributed by atoms with van der Waals surface area (Å²) in [5, 5.41) is 8.58. The van der Waals surface area contributed by atoms with Gasteiger partial charge in [0.2, 0.25) is 0 Å². The van der Waals surface area contributed by atoms with E-state index in [0.717, 1.165) is 33.4 Å². The Labute approximate surface area is 194 Å². The smallest absolute Gasteiger partial charge is 0.268 e. The van der Waals surface area contributed by atoms with Crippen LogP contribution in [0.25, 0.3) is 33.5 Å². The Morgan fingerprint density at radius 1 is 1.00 bits per heavy atom. The predicted molar refractivity (Wildman–Crippen MR) is 130 cm³/mol. The van der Waals surface area contributed by atoms with Crippen LogP contribution in [0, 0.1) is 13.8 Å². The number of nitrogens with one attached hydrogen (secondary N) is 1. The topological polar surface area (TPSA) is 85.8 Å². The first-order chi connectivity index (χ1) is 15.9. The minimum atomic E-state index is -0.0751. The second kappa shape index (κ2) is 8.18. The van der Waals surface area contributed by atoms with Crippen molar-refractivity contribution in [2.45, 2.75) is 13.8 Å². The van der Waals surface area contributed by atoms with Crippen molar-refractivity contribution in [2.24, 2.45) is 7.05 Å². The summed E-state index contributed by atoms with van der Waals surface area (Å²) >= 11 is 6.23. The van der Waals surface area contributed by atoms with Crippen molar-refractivity contribution < 1.29 is 4.52 Å². The molecule has 33 heavy (non-hydrogen) atoms. The van der Waals surface area contributed by atoms with Crippen LogP contribution in [0.3, 0.4) is 0 Å². The number of halogens is 1. The van der Waals surface area contributed by atoms with Crippen molar-refractivity contribution in [1.29, 1.82) is 0 Å².